The van der Waals surface area contributed by atoms with Crippen LogP contribution in [-0.2, 0) is 21.1 Å². The van der Waals surface area contributed by atoms with Crippen LogP contribution in [0.15, 0.2) is 64.4 Å². The molecule has 1 amide bonds. The van der Waals surface area contributed by atoms with E-state index in [1.807, 2.05) is 17.5 Å². The van der Waals surface area contributed by atoms with Gasteiger partial charge in [0, 0.05) is 12.0 Å². The zero-order valence-corrected chi connectivity index (χ0v) is 19.1. The monoisotopic (exact) mass is 495 g/mol. The molecule has 10 heteroatoms. The second-order valence-corrected chi connectivity index (χ2v) is 10.2. The van der Waals surface area contributed by atoms with Crippen molar-refractivity contribution in [2.75, 3.05) is 0 Å². The molecule has 0 spiro atoms. The smallest absolute Gasteiger partial charge is 0.471 e. The summed E-state index contributed by atoms with van der Waals surface area (Å²) < 4.78 is 63.5. The van der Waals surface area contributed by atoms with E-state index in [1.165, 1.54) is 43.3 Å². The summed E-state index contributed by atoms with van der Waals surface area (Å²) in [6.07, 6.45) is 1.85. The van der Waals surface area contributed by atoms with Crippen molar-refractivity contribution in [3.05, 3.63) is 71.3 Å². The highest BCUT2D eigenvalue weighted by Crippen LogP contribution is 2.32. The van der Waals surface area contributed by atoms with Crippen molar-refractivity contribution in [1.82, 2.24) is 5.32 Å². The Morgan fingerprint density at radius 2 is 1.82 bits per heavy atom. The topological polar surface area (TPSA) is 101 Å². The molecule has 2 N–H and O–H groups in total. The molecule has 0 saturated heterocycles. The number of carbonyl (C=O) groups is 2. The van der Waals surface area contributed by atoms with Gasteiger partial charge in [-0.2, -0.15) is 13.2 Å². The molecular formula is C24H24F3NO5S. The van der Waals surface area contributed by atoms with Gasteiger partial charge in [0.05, 0.1) is 15.4 Å². The number of hydrogen-bond acceptors (Lipinski definition) is 4. The normalized spacial score (nSPS) is 17.2. The molecule has 182 valence electrons. The Labute approximate surface area is 195 Å². The largest absolute Gasteiger partial charge is 0.478 e. The van der Waals surface area contributed by atoms with Crippen LogP contribution in [0.1, 0.15) is 53.6 Å². The van der Waals surface area contributed by atoms with Gasteiger partial charge in [-0.1, -0.05) is 30.4 Å². The number of benzene rings is 2. The maximum atomic E-state index is 13.2. The first-order valence-corrected chi connectivity index (χ1v) is 12.1. The van der Waals surface area contributed by atoms with E-state index in [1.54, 1.807) is 6.07 Å². The number of halogens is 3. The van der Waals surface area contributed by atoms with E-state index < -0.39 is 33.9 Å². The number of sulfone groups is 1. The molecule has 2 aromatic rings. The van der Waals surface area contributed by atoms with Crippen molar-refractivity contribution in [3.8, 4) is 0 Å². The van der Waals surface area contributed by atoms with Gasteiger partial charge in [0.25, 0.3) is 0 Å². The maximum Gasteiger partial charge on any atom is 0.471 e. The SMILES string of the molecule is C[C@H](Cc1ccc(S(=O)(=O)c2ccc(C3C=CCCC3)cc2C(=O)O)cc1)NC(=O)C(F)(F)F. The van der Waals surface area contributed by atoms with Crippen LogP contribution in [0.3, 0.4) is 0 Å². The lowest BCUT2D eigenvalue weighted by atomic mass is 9.88. The van der Waals surface area contributed by atoms with Gasteiger partial charge in [-0.15, -0.1) is 0 Å². The average molecular weight is 496 g/mol. The summed E-state index contributed by atoms with van der Waals surface area (Å²) in [5, 5.41) is 11.5. The molecule has 1 unspecified atom stereocenters. The Bertz CT molecular complexity index is 1200. The number of allylic oxidation sites excluding steroid dienone is 2. The van der Waals surface area contributed by atoms with Crippen molar-refractivity contribution >= 4 is 21.7 Å². The van der Waals surface area contributed by atoms with Crippen LogP contribution in [0.2, 0.25) is 0 Å². The molecular weight excluding hydrogens is 471 g/mol. The van der Waals surface area contributed by atoms with E-state index in [0.717, 1.165) is 24.8 Å². The van der Waals surface area contributed by atoms with E-state index in [4.69, 9.17) is 0 Å². The number of carboxylic acids is 1. The van der Waals surface area contributed by atoms with Gasteiger partial charge in [-0.3, -0.25) is 4.79 Å². The number of alkyl halides is 3. The van der Waals surface area contributed by atoms with Crippen molar-refractivity contribution in [3.63, 3.8) is 0 Å². The molecule has 0 bridgehead atoms. The lowest BCUT2D eigenvalue weighted by molar-refractivity contribution is -0.174. The van der Waals surface area contributed by atoms with Crippen LogP contribution in [0.25, 0.3) is 0 Å². The van der Waals surface area contributed by atoms with E-state index in [9.17, 15) is 36.3 Å². The zero-order chi connectivity index (χ0) is 25.1. The Hall–Kier alpha value is -3.14. The molecule has 6 nitrogen and oxygen atoms in total. The standard InChI is InChI=1S/C24H24F3NO5S/c1-15(28-23(31)24(25,26)27)13-16-7-10-19(11-8-16)34(32,33)21-12-9-18(14-20(21)22(29)30)17-5-3-2-4-6-17/h3,5,7-12,14-15,17H,2,4,6,13H2,1H3,(H,28,31)(H,29,30)/t15-,17?/m1/s1. The van der Waals surface area contributed by atoms with Crippen molar-refractivity contribution < 1.29 is 36.3 Å². The van der Waals surface area contributed by atoms with Crippen LogP contribution in [0.4, 0.5) is 13.2 Å². The first-order chi connectivity index (χ1) is 15.9. The van der Waals surface area contributed by atoms with Crippen LogP contribution < -0.4 is 5.32 Å². The third-order valence-electron chi connectivity index (χ3n) is 5.62. The molecule has 1 aliphatic carbocycles. The summed E-state index contributed by atoms with van der Waals surface area (Å²) >= 11 is 0. The minimum atomic E-state index is -4.99. The molecule has 0 aliphatic heterocycles. The molecule has 1 aliphatic rings. The fourth-order valence-corrected chi connectivity index (χ4v) is 5.34. The van der Waals surface area contributed by atoms with Crippen LogP contribution in [0, 0.1) is 0 Å². The molecule has 0 heterocycles. The van der Waals surface area contributed by atoms with Gasteiger partial charge in [0.1, 0.15) is 0 Å². The molecule has 2 aromatic carbocycles. The fraction of sp³-hybridized carbons (Fsp3) is 0.333. The third-order valence-corrected chi connectivity index (χ3v) is 7.44. The predicted molar refractivity (Wildman–Crippen MR) is 118 cm³/mol. The highest BCUT2D eigenvalue weighted by molar-refractivity contribution is 7.91. The Morgan fingerprint density at radius 3 is 2.38 bits per heavy atom. The summed E-state index contributed by atoms with van der Waals surface area (Å²) in [7, 11) is -4.16. The zero-order valence-electron chi connectivity index (χ0n) is 18.3. The minimum absolute atomic E-state index is 0.0303. The van der Waals surface area contributed by atoms with Crippen LogP contribution in [-0.4, -0.2) is 37.6 Å². The molecule has 2 atom stereocenters. The predicted octanol–water partition coefficient (Wildman–Crippen LogP) is 4.65. The number of hydrogen-bond donors (Lipinski definition) is 2. The minimum Gasteiger partial charge on any atom is -0.478 e. The summed E-state index contributed by atoms with van der Waals surface area (Å²) in [5.41, 5.74) is 0.924. The summed E-state index contributed by atoms with van der Waals surface area (Å²) in [4.78, 5) is 22.5. The first-order valence-electron chi connectivity index (χ1n) is 10.6. The van der Waals surface area contributed by atoms with Gasteiger partial charge in [0.15, 0.2) is 0 Å². The van der Waals surface area contributed by atoms with Gasteiger partial charge in [0.2, 0.25) is 9.84 Å². The number of amides is 1. The number of carboxylic acid groups (broad SMARTS) is 1. The van der Waals surface area contributed by atoms with E-state index >= 15 is 0 Å². The lowest BCUT2D eigenvalue weighted by Gasteiger charge is -2.18. The highest BCUT2D eigenvalue weighted by atomic mass is 32.2. The number of aromatic carboxylic acids is 1. The van der Waals surface area contributed by atoms with Gasteiger partial charge in [-0.05, 0) is 68.0 Å². The molecule has 0 fully saturated rings. The van der Waals surface area contributed by atoms with E-state index in [2.05, 4.69) is 0 Å². The molecule has 0 radical (unpaired) electrons. The third kappa shape index (κ3) is 5.85. The quantitative estimate of drug-likeness (QED) is 0.545. The van der Waals surface area contributed by atoms with Crippen LogP contribution >= 0.6 is 0 Å². The van der Waals surface area contributed by atoms with Gasteiger partial charge in [-0.25, -0.2) is 13.2 Å². The van der Waals surface area contributed by atoms with Crippen molar-refractivity contribution in [1.29, 1.82) is 0 Å². The molecule has 0 aromatic heterocycles. The van der Waals surface area contributed by atoms with Crippen molar-refractivity contribution in [2.45, 2.75) is 60.5 Å². The average Bonchev–Trinajstić information content (AvgIpc) is 2.79. The molecule has 0 saturated carbocycles. The van der Waals surface area contributed by atoms with Crippen molar-refractivity contribution in [2.24, 2.45) is 0 Å². The number of nitrogens with one attached hydrogen (secondary N) is 1. The summed E-state index contributed by atoms with van der Waals surface area (Å²) in [5.74, 6) is -3.37. The summed E-state index contributed by atoms with van der Waals surface area (Å²) in [6, 6.07) is 8.87. The lowest BCUT2D eigenvalue weighted by Crippen LogP contribution is -2.42. The Balaban J connectivity index is 1.83. The number of rotatable bonds is 7. The highest BCUT2D eigenvalue weighted by Gasteiger charge is 2.39. The molecule has 34 heavy (non-hydrogen) atoms. The van der Waals surface area contributed by atoms with Crippen LogP contribution in [0.5, 0.6) is 0 Å². The first kappa shape index (κ1) is 25.5. The van der Waals surface area contributed by atoms with Gasteiger partial charge >= 0.3 is 18.1 Å². The second-order valence-electron chi connectivity index (χ2n) is 8.25. The maximum absolute atomic E-state index is 13.2. The van der Waals surface area contributed by atoms with E-state index in [-0.39, 0.29) is 27.7 Å². The second kappa shape index (κ2) is 10.0. The summed E-state index contributed by atoms with van der Waals surface area (Å²) in [6.45, 7) is 1.40. The fourth-order valence-electron chi connectivity index (χ4n) is 3.91. The number of carbonyl (C=O) groups excluding carboxylic acids is 1. The van der Waals surface area contributed by atoms with E-state index in [0.29, 0.717) is 5.56 Å². The Kier molecular flexibility index (Phi) is 7.50. The Morgan fingerprint density at radius 1 is 1.15 bits per heavy atom. The molecule has 3 rings (SSSR count). The van der Waals surface area contributed by atoms with Gasteiger partial charge < -0.3 is 10.4 Å².